The van der Waals surface area contributed by atoms with Gasteiger partial charge in [0.25, 0.3) is 23.6 Å². The third-order valence-electron chi connectivity index (χ3n) is 23.5. The van der Waals surface area contributed by atoms with E-state index in [4.69, 9.17) is 51.1 Å². The van der Waals surface area contributed by atoms with Gasteiger partial charge in [0, 0.05) is 162 Å². The fraction of sp³-hybridized carbons (Fsp3) is 0.226. The Kier molecular flexibility index (Phi) is 28.4. The highest BCUT2D eigenvalue weighted by Gasteiger charge is 2.39. The molecule has 0 unspecified atom stereocenters. The lowest BCUT2D eigenvalue weighted by Gasteiger charge is -2.36. The van der Waals surface area contributed by atoms with Crippen LogP contribution in [0.5, 0.6) is 5.75 Å². The number of hydrogen-bond donors (Lipinski definition) is 0. The Morgan fingerprint density at radius 1 is 0.361 bits per heavy atom. The molecule has 0 bridgehead atoms. The minimum atomic E-state index is -0.717. The third-order valence-corrected chi connectivity index (χ3v) is 26.4. The van der Waals surface area contributed by atoms with Crippen molar-refractivity contribution in [3.05, 3.63) is 357 Å². The second kappa shape index (κ2) is 40.5. The Hall–Kier alpha value is -14.4. The summed E-state index contributed by atoms with van der Waals surface area (Å²) in [6, 6.07) is 58.1. The first-order valence-electron chi connectivity index (χ1n) is 41.6. The highest BCUT2D eigenvalue weighted by atomic mass is 35.5. The second-order valence-electron chi connectivity index (χ2n) is 31.2. The van der Waals surface area contributed by atoms with Crippen LogP contribution in [-0.2, 0) is 27.2 Å². The molecule has 682 valence electrons. The summed E-state index contributed by atoms with van der Waals surface area (Å²) in [7, 11) is 4.55. The number of thiophene rings is 2. The number of carbonyl (C=O) groups excluding carboxylic acids is 4. The Balaban J connectivity index is 0.000000136. The van der Waals surface area contributed by atoms with Crippen molar-refractivity contribution in [1.29, 1.82) is 0 Å². The van der Waals surface area contributed by atoms with Crippen molar-refractivity contribution in [2.75, 3.05) is 131 Å². The summed E-state index contributed by atoms with van der Waals surface area (Å²) in [4.78, 5) is 164. The fourth-order valence-electron chi connectivity index (χ4n) is 16.9. The van der Waals surface area contributed by atoms with Crippen LogP contribution < -0.4 is 46.6 Å². The van der Waals surface area contributed by atoms with E-state index in [1.807, 2.05) is 87.3 Å². The monoisotopic (exact) mass is 1920 g/mol. The molecule has 4 aliphatic rings. The molecule has 40 heteroatoms. The number of pyridine rings is 4. The molecule has 4 aliphatic heterocycles. The molecule has 0 aliphatic carbocycles. The number of amides is 4. The maximum atomic E-state index is 13.5. The summed E-state index contributed by atoms with van der Waals surface area (Å²) in [5, 5.41) is 55.4. The van der Waals surface area contributed by atoms with Crippen LogP contribution >= 0.6 is 69.1 Å². The van der Waals surface area contributed by atoms with Gasteiger partial charge in [0.15, 0.2) is 0 Å². The van der Waals surface area contributed by atoms with Crippen LogP contribution in [0.1, 0.15) is 51.2 Å². The molecule has 14 aromatic rings. The van der Waals surface area contributed by atoms with Gasteiger partial charge in [-0.25, -0.2) is 4.39 Å². The van der Waals surface area contributed by atoms with Gasteiger partial charge in [0.05, 0.1) is 81.8 Å². The minimum Gasteiger partial charge on any atom is -0.497 e. The van der Waals surface area contributed by atoms with Gasteiger partial charge in [-0.3, -0.25) is 87.9 Å². The number of aromatic nitrogens is 4. The molecular formula is C93H81Cl4FN16O17S2. The van der Waals surface area contributed by atoms with E-state index in [0.29, 0.717) is 201 Å². The molecule has 0 atom stereocenters. The number of fused-ring (bicyclic) bond motifs is 4. The summed E-state index contributed by atoms with van der Waals surface area (Å²) in [6.07, 6.45) is 0. The number of halogens is 5. The van der Waals surface area contributed by atoms with E-state index in [-0.39, 0.29) is 58.8 Å². The number of methoxy groups -OCH3 is 1. The number of ether oxygens (including phenoxy) is 1. The molecule has 6 aromatic heterocycles. The predicted octanol–water partition coefficient (Wildman–Crippen LogP) is 15.5. The van der Waals surface area contributed by atoms with Gasteiger partial charge in [-0.15, -0.1) is 22.7 Å². The van der Waals surface area contributed by atoms with Crippen LogP contribution in [0, 0.1) is 46.3 Å². The van der Waals surface area contributed by atoms with E-state index in [0.717, 1.165) is 5.56 Å². The van der Waals surface area contributed by atoms with Gasteiger partial charge in [-0.2, -0.15) is 0 Å². The van der Waals surface area contributed by atoms with Crippen LogP contribution in [0.15, 0.2) is 236 Å². The molecule has 4 amide bonds. The number of piperazine rings is 4. The number of rotatable bonds is 17. The van der Waals surface area contributed by atoms with Crippen LogP contribution in [0.25, 0.3) is 43.6 Å². The van der Waals surface area contributed by atoms with Crippen LogP contribution in [0.4, 0.5) is 49.9 Å². The Labute approximate surface area is 783 Å². The molecule has 10 heterocycles. The van der Waals surface area contributed by atoms with Gasteiger partial charge < -0.3 is 53.1 Å². The smallest absolute Gasteiger partial charge is 0.357 e. The average molecular weight is 1920 g/mol. The zero-order valence-corrected chi connectivity index (χ0v) is 76.0. The summed E-state index contributed by atoms with van der Waals surface area (Å²) in [5.74, 6) is -0.173. The summed E-state index contributed by atoms with van der Waals surface area (Å²) < 4.78 is 23.8. The van der Waals surface area contributed by atoms with Gasteiger partial charge in [0.2, 0.25) is 0 Å². The van der Waals surface area contributed by atoms with Gasteiger partial charge in [0.1, 0.15) is 34.3 Å². The lowest BCUT2D eigenvalue weighted by Crippen LogP contribution is -2.49. The third kappa shape index (κ3) is 19.7. The minimum absolute atomic E-state index is 0.0349. The number of aryl methyl sites for hydroxylation is 2. The molecule has 4 saturated heterocycles. The van der Waals surface area contributed by atoms with Crippen molar-refractivity contribution >= 4 is 182 Å². The normalized spacial score (nSPS) is 14.0. The Morgan fingerprint density at radius 2 is 0.707 bits per heavy atom. The van der Waals surface area contributed by atoms with Crippen LogP contribution in [0.3, 0.4) is 0 Å². The number of hydrogen-bond acceptors (Lipinski definition) is 23. The first-order valence-corrected chi connectivity index (χ1v) is 44.9. The molecule has 4 fully saturated rings. The first kappa shape index (κ1) is 93.3. The predicted molar refractivity (Wildman–Crippen MR) is 513 cm³/mol. The maximum absolute atomic E-state index is 13.5. The van der Waals surface area contributed by atoms with Crippen molar-refractivity contribution in [1.82, 2.24) is 37.9 Å². The lowest BCUT2D eigenvalue weighted by atomic mass is 10.1. The highest BCUT2D eigenvalue weighted by Crippen LogP contribution is 2.41. The Bertz CT molecular complexity index is 7150. The molecule has 8 aromatic carbocycles. The summed E-state index contributed by atoms with van der Waals surface area (Å²) in [6.45, 7) is 6.14. The summed E-state index contributed by atoms with van der Waals surface area (Å²) in [5.41, 5.74) is 1.20. The van der Waals surface area contributed by atoms with Crippen molar-refractivity contribution in [2.24, 2.45) is 14.1 Å². The number of nitro groups is 4. The van der Waals surface area contributed by atoms with E-state index in [1.165, 1.54) is 73.2 Å². The summed E-state index contributed by atoms with van der Waals surface area (Å²) >= 11 is 27.1. The zero-order chi connectivity index (χ0) is 94.3. The number of anilines is 4. The number of benzene rings is 8. The molecule has 0 saturated carbocycles. The first-order chi connectivity index (χ1) is 64.0. The van der Waals surface area contributed by atoms with Crippen molar-refractivity contribution in [3.63, 3.8) is 0 Å². The molecule has 0 radical (unpaired) electrons. The Morgan fingerprint density at radius 3 is 1.08 bits per heavy atom. The van der Waals surface area contributed by atoms with Gasteiger partial charge in [-0.1, -0.05) is 137 Å². The highest BCUT2D eigenvalue weighted by molar-refractivity contribution is 7.12. The van der Waals surface area contributed by atoms with Crippen LogP contribution in [-0.4, -0.2) is 193 Å². The van der Waals surface area contributed by atoms with Gasteiger partial charge >= 0.3 is 45.0 Å². The lowest BCUT2D eigenvalue weighted by molar-refractivity contribution is -0.385. The largest absolute Gasteiger partial charge is 0.497 e. The van der Waals surface area contributed by atoms with Crippen molar-refractivity contribution < 1.29 is 48.0 Å². The zero-order valence-electron chi connectivity index (χ0n) is 71.3. The number of para-hydroxylation sites is 2. The molecule has 33 nitrogen and oxygen atoms in total. The second-order valence-corrected chi connectivity index (χ2v) is 34.8. The molecule has 133 heavy (non-hydrogen) atoms. The van der Waals surface area contributed by atoms with Crippen molar-refractivity contribution in [2.45, 2.75) is 13.1 Å². The number of carbonyl (C=O) groups is 4. The average Bonchev–Trinajstić information content (AvgIpc) is 1.75. The van der Waals surface area contributed by atoms with E-state index in [9.17, 15) is 83.2 Å². The quantitative estimate of drug-likeness (QED) is 0.0603. The standard InChI is InChI=1S/C25H21FN4O4S.C25H22N4O4S.C22H21ClN4O5.C21H17Cl3N4O4/c26-18-9-7-17(8-10-18)16-29-20-5-2-1-4-19(20)22(23(25(29)32)30(33)34)27-11-13-28(14-12-27)24(31)21-6-3-15-35-21;30-24(21-11-6-16-34-21)27-14-12-26(13-15-27)22-19-9-4-5-10-20(19)28(25(31)23(22)29(32)33)17-18-7-2-1-3-8-18;1-24-18-8-5-15(23)13-17(18)19(20(22(24)29)27(30)31)25-9-11-26(12-10-25)21(28)14-3-6-16(32-2)7-4-14;1-25-17-5-3-13(22)11-14(17)18(19(21(25)30)28(31)32)26-6-8-27(9-7-26)20(29)12-2-4-15(23)16(24)10-12/h1-10,15H,11-14,16H2;1-11,16H,12-15,17H2;3-8,13H,9-12H2,1-2H3;2-5,10-11H,6-9H2,1H3. The SMILES string of the molecule is COc1ccc(C(=O)N2CCN(c3c([N+](=O)[O-])c(=O)n(C)c4ccc(Cl)cc34)CC2)cc1.Cn1c(=O)c([N+](=O)[O-])c(N2CCN(C(=O)c3ccc(Cl)c(Cl)c3)CC2)c2cc(Cl)ccc21.O=C(c1cccs1)N1CCN(c2c([N+](=O)[O-])c(=O)n(Cc3ccc(F)cc3)c3ccccc23)CC1.O=C(c1cccs1)N1CCN(c2c([N+](=O)[O-])c(=O)n(Cc3ccccc3)c3ccccc23)CC1. The van der Waals surface area contributed by atoms with E-state index >= 15 is 0 Å². The van der Waals surface area contributed by atoms with E-state index < -0.39 is 70.5 Å². The van der Waals surface area contributed by atoms with Gasteiger partial charge in [-0.05, 0) is 137 Å². The van der Waals surface area contributed by atoms with Crippen LogP contribution in [0.2, 0.25) is 20.1 Å². The fourth-order valence-corrected chi connectivity index (χ4v) is 18.9. The maximum Gasteiger partial charge on any atom is 0.357 e. The molecule has 18 rings (SSSR count). The topological polar surface area (TPSA) is 364 Å². The van der Waals surface area contributed by atoms with Crippen molar-refractivity contribution in [3.8, 4) is 5.75 Å². The molecule has 0 spiro atoms. The van der Waals surface area contributed by atoms with E-state index in [2.05, 4.69) is 0 Å². The molecular weight excluding hydrogens is 1840 g/mol. The number of nitrogens with zero attached hydrogens (tertiary/aromatic N) is 16. The van der Waals surface area contributed by atoms with E-state index in [1.54, 1.807) is 158 Å². The molecule has 0 N–H and O–H groups in total.